The van der Waals surface area contributed by atoms with Crippen molar-refractivity contribution in [3.63, 3.8) is 0 Å². The molecule has 1 saturated heterocycles. The second kappa shape index (κ2) is 6.91. The fourth-order valence-electron chi connectivity index (χ4n) is 2.82. The summed E-state index contributed by atoms with van der Waals surface area (Å²) in [5.74, 6) is 2.57. The molecule has 122 valence electrons. The molecule has 3 rings (SSSR count). The van der Waals surface area contributed by atoms with Crippen LogP contribution in [0.3, 0.4) is 0 Å². The van der Waals surface area contributed by atoms with Crippen LogP contribution in [-0.2, 0) is 0 Å². The normalized spacial score (nSPS) is 16.4. The Balaban J connectivity index is 1.75. The van der Waals surface area contributed by atoms with E-state index in [2.05, 4.69) is 32.2 Å². The molecule has 3 heterocycles. The summed E-state index contributed by atoms with van der Waals surface area (Å²) in [5.41, 5.74) is 7.70. The first kappa shape index (κ1) is 15.7. The Morgan fingerprint density at radius 1 is 1.26 bits per heavy atom. The van der Waals surface area contributed by atoms with E-state index in [9.17, 15) is 0 Å². The number of nitrogens with zero attached hydrogens (tertiary/aromatic N) is 4. The number of rotatable bonds is 4. The van der Waals surface area contributed by atoms with E-state index < -0.39 is 0 Å². The molecule has 0 spiro atoms. The fourth-order valence-corrected chi connectivity index (χ4v) is 2.82. The lowest BCUT2D eigenvalue weighted by Gasteiger charge is -2.29. The van der Waals surface area contributed by atoms with Crippen molar-refractivity contribution in [1.29, 1.82) is 0 Å². The predicted octanol–water partition coefficient (Wildman–Crippen LogP) is 2.18. The number of anilines is 2. The number of nitrogen functional groups attached to an aromatic ring is 1. The van der Waals surface area contributed by atoms with Gasteiger partial charge in [-0.15, -0.1) is 0 Å². The van der Waals surface area contributed by atoms with Crippen molar-refractivity contribution in [3.8, 4) is 11.5 Å². The molecule has 1 aliphatic heterocycles. The minimum Gasteiger partial charge on any atom is -0.383 e. The van der Waals surface area contributed by atoms with Crippen LogP contribution in [-0.4, -0.2) is 46.5 Å². The van der Waals surface area contributed by atoms with Gasteiger partial charge < -0.3 is 16.0 Å². The highest BCUT2D eigenvalue weighted by molar-refractivity contribution is 5.61. The molecule has 0 aromatic carbocycles. The molecule has 0 atom stereocenters. The maximum Gasteiger partial charge on any atom is 0.182 e. The quantitative estimate of drug-likeness (QED) is 0.901. The summed E-state index contributed by atoms with van der Waals surface area (Å²) in [6.07, 6.45) is 4.17. The van der Waals surface area contributed by atoms with Crippen LogP contribution >= 0.6 is 0 Å². The Labute approximate surface area is 137 Å². The minimum absolute atomic E-state index is 0.506. The van der Waals surface area contributed by atoms with Gasteiger partial charge in [0.15, 0.2) is 5.82 Å². The van der Waals surface area contributed by atoms with Crippen LogP contribution < -0.4 is 11.1 Å². The summed E-state index contributed by atoms with van der Waals surface area (Å²) in [4.78, 5) is 15.7. The van der Waals surface area contributed by atoms with Gasteiger partial charge in [-0.1, -0.05) is 6.07 Å². The highest BCUT2D eigenvalue weighted by Gasteiger charge is 2.17. The average Bonchev–Trinajstić information content (AvgIpc) is 2.58. The van der Waals surface area contributed by atoms with E-state index in [-0.39, 0.29) is 0 Å². The number of nitrogens with one attached hydrogen (secondary N) is 1. The van der Waals surface area contributed by atoms with Gasteiger partial charge in [-0.25, -0.2) is 9.97 Å². The van der Waals surface area contributed by atoms with Crippen molar-refractivity contribution < 1.29 is 0 Å². The molecule has 0 aliphatic carbocycles. The zero-order valence-electron chi connectivity index (χ0n) is 13.8. The zero-order valence-corrected chi connectivity index (χ0v) is 13.8. The van der Waals surface area contributed by atoms with Crippen LogP contribution in [0.1, 0.15) is 18.4 Å². The van der Waals surface area contributed by atoms with Crippen molar-refractivity contribution in [3.05, 3.63) is 30.0 Å². The summed E-state index contributed by atoms with van der Waals surface area (Å²) < 4.78 is 0. The molecule has 0 amide bonds. The maximum absolute atomic E-state index is 6.06. The van der Waals surface area contributed by atoms with Gasteiger partial charge >= 0.3 is 0 Å². The number of piperidine rings is 1. The Kier molecular flexibility index (Phi) is 4.71. The molecule has 0 radical (unpaired) electrons. The molecule has 0 saturated carbocycles. The van der Waals surface area contributed by atoms with E-state index in [0.29, 0.717) is 17.6 Å². The van der Waals surface area contributed by atoms with Gasteiger partial charge in [0.25, 0.3) is 0 Å². The van der Waals surface area contributed by atoms with E-state index in [4.69, 9.17) is 5.73 Å². The first-order valence-corrected chi connectivity index (χ1v) is 8.11. The van der Waals surface area contributed by atoms with Crippen LogP contribution in [0.4, 0.5) is 11.6 Å². The predicted molar refractivity (Wildman–Crippen MR) is 93.1 cm³/mol. The van der Waals surface area contributed by atoms with Gasteiger partial charge in [0.2, 0.25) is 0 Å². The van der Waals surface area contributed by atoms with Gasteiger partial charge in [-0.05, 0) is 58.0 Å². The monoisotopic (exact) mass is 312 g/mol. The Morgan fingerprint density at radius 3 is 2.74 bits per heavy atom. The number of hydrogen-bond acceptors (Lipinski definition) is 6. The van der Waals surface area contributed by atoms with Crippen LogP contribution in [0.2, 0.25) is 0 Å². The van der Waals surface area contributed by atoms with Crippen LogP contribution in [0, 0.1) is 12.8 Å². The van der Waals surface area contributed by atoms with E-state index in [1.54, 1.807) is 6.20 Å². The lowest BCUT2D eigenvalue weighted by Crippen LogP contribution is -2.33. The lowest BCUT2D eigenvalue weighted by atomic mass is 9.97. The molecule has 0 bridgehead atoms. The fraction of sp³-hybridized carbons (Fsp3) is 0.471. The summed E-state index contributed by atoms with van der Waals surface area (Å²) >= 11 is 0. The third kappa shape index (κ3) is 3.76. The summed E-state index contributed by atoms with van der Waals surface area (Å²) in [5, 5.41) is 3.47. The molecular weight excluding hydrogens is 288 g/mol. The third-order valence-electron chi connectivity index (χ3n) is 4.47. The number of aromatic nitrogens is 3. The molecule has 2 aromatic heterocycles. The van der Waals surface area contributed by atoms with Gasteiger partial charge in [-0.3, -0.25) is 4.98 Å². The smallest absolute Gasteiger partial charge is 0.182 e. The van der Waals surface area contributed by atoms with Gasteiger partial charge in [0.1, 0.15) is 17.3 Å². The van der Waals surface area contributed by atoms with Crippen molar-refractivity contribution in [2.45, 2.75) is 19.8 Å². The molecule has 1 aliphatic rings. The van der Waals surface area contributed by atoms with E-state index in [1.807, 2.05) is 25.1 Å². The molecular formula is C17H24N6. The van der Waals surface area contributed by atoms with Crippen molar-refractivity contribution in [2.75, 3.05) is 37.7 Å². The van der Waals surface area contributed by atoms with Gasteiger partial charge in [0.05, 0.1) is 0 Å². The van der Waals surface area contributed by atoms with Crippen molar-refractivity contribution >= 4 is 11.6 Å². The molecule has 23 heavy (non-hydrogen) atoms. The van der Waals surface area contributed by atoms with Crippen molar-refractivity contribution in [1.82, 2.24) is 19.9 Å². The second-order valence-corrected chi connectivity index (χ2v) is 6.25. The Bertz CT molecular complexity index is 650. The van der Waals surface area contributed by atoms with Crippen molar-refractivity contribution in [2.24, 2.45) is 5.92 Å². The average molecular weight is 312 g/mol. The van der Waals surface area contributed by atoms with Gasteiger partial charge in [0, 0.05) is 18.3 Å². The Morgan fingerprint density at radius 2 is 2.04 bits per heavy atom. The summed E-state index contributed by atoms with van der Waals surface area (Å²) in [6, 6.07) is 5.69. The van der Waals surface area contributed by atoms with E-state index in [0.717, 1.165) is 36.7 Å². The SMILES string of the molecule is Cc1c(N)nc(-c2ccccn2)nc1NCC1CCN(C)CC1. The molecule has 2 aromatic rings. The Hall–Kier alpha value is -2.21. The number of hydrogen-bond donors (Lipinski definition) is 2. The number of pyridine rings is 1. The van der Waals surface area contributed by atoms with Crippen LogP contribution in [0.15, 0.2) is 24.4 Å². The standard InChI is InChI=1S/C17H24N6/c1-12-15(18)21-17(14-5-3-4-8-19-14)22-16(12)20-11-13-6-9-23(2)10-7-13/h3-5,8,13H,6-7,9-11H2,1-2H3,(H3,18,20,21,22). The number of likely N-dealkylation sites (tertiary alicyclic amines) is 1. The summed E-state index contributed by atoms with van der Waals surface area (Å²) in [6.45, 7) is 5.20. The molecule has 6 heteroatoms. The van der Waals surface area contributed by atoms with Gasteiger partial charge in [-0.2, -0.15) is 0 Å². The summed E-state index contributed by atoms with van der Waals surface area (Å²) in [7, 11) is 2.18. The highest BCUT2D eigenvalue weighted by Crippen LogP contribution is 2.23. The van der Waals surface area contributed by atoms with E-state index >= 15 is 0 Å². The second-order valence-electron chi connectivity index (χ2n) is 6.25. The topological polar surface area (TPSA) is 80.0 Å². The van der Waals surface area contributed by atoms with Crippen LogP contribution in [0.5, 0.6) is 0 Å². The van der Waals surface area contributed by atoms with Crippen LogP contribution in [0.25, 0.3) is 11.5 Å². The van der Waals surface area contributed by atoms with E-state index in [1.165, 1.54) is 12.8 Å². The molecule has 1 fully saturated rings. The third-order valence-corrected chi connectivity index (χ3v) is 4.47. The largest absolute Gasteiger partial charge is 0.383 e. The highest BCUT2D eigenvalue weighted by atomic mass is 15.1. The first-order chi connectivity index (χ1) is 11.1. The zero-order chi connectivity index (χ0) is 16.2. The number of nitrogens with two attached hydrogens (primary N) is 1. The first-order valence-electron chi connectivity index (χ1n) is 8.11. The molecule has 3 N–H and O–H groups in total. The minimum atomic E-state index is 0.506. The molecule has 0 unspecified atom stereocenters. The maximum atomic E-state index is 6.06. The molecule has 6 nitrogen and oxygen atoms in total. The lowest BCUT2D eigenvalue weighted by molar-refractivity contribution is 0.226.